The molecule has 2 N–H and O–H groups in total. The molecular weight excluding hydrogens is 232 g/mol. The fourth-order valence-corrected chi connectivity index (χ4v) is 2.23. The third-order valence-corrected chi connectivity index (χ3v) is 3.22. The fraction of sp³-hybridized carbons (Fsp3) is 0.923. The number of carbonyl (C=O) groups is 1. The molecule has 1 rings (SSSR count). The normalized spacial score (nSPS) is 28.1. The molecule has 106 valence electrons. The summed E-state index contributed by atoms with van der Waals surface area (Å²) < 4.78 is 11.3. The molecule has 1 amide bonds. The van der Waals surface area contributed by atoms with Crippen molar-refractivity contribution in [1.29, 1.82) is 0 Å². The first-order valence-corrected chi connectivity index (χ1v) is 6.74. The van der Waals surface area contributed by atoms with Gasteiger partial charge >= 0.3 is 0 Å². The number of hydrogen-bond donors (Lipinski definition) is 1. The Morgan fingerprint density at radius 2 is 2.00 bits per heavy atom. The van der Waals surface area contributed by atoms with Crippen LogP contribution in [0.15, 0.2) is 0 Å². The summed E-state index contributed by atoms with van der Waals surface area (Å²) in [6.07, 6.45) is 3.12. The highest BCUT2D eigenvalue weighted by Gasteiger charge is 2.25. The lowest BCUT2D eigenvalue weighted by molar-refractivity contribution is -0.144. The SMILES string of the molecule is CC1CC(OCC(=O)N(C)CCCN)CC(C)O1. The third-order valence-electron chi connectivity index (χ3n) is 3.22. The maximum Gasteiger partial charge on any atom is 0.248 e. The van der Waals surface area contributed by atoms with Gasteiger partial charge in [0.25, 0.3) is 0 Å². The standard InChI is InChI=1S/C13H26N2O3/c1-10-7-12(8-11(2)18-10)17-9-13(16)15(3)6-4-5-14/h10-12H,4-9,14H2,1-3H3. The van der Waals surface area contributed by atoms with Gasteiger partial charge < -0.3 is 20.1 Å². The van der Waals surface area contributed by atoms with E-state index in [2.05, 4.69) is 0 Å². The molecular formula is C13H26N2O3. The molecule has 1 aliphatic heterocycles. The molecule has 1 aliphatic rings. The maximum atomic E-state index is 11.8. The van der Waals surface area contributed by atoms with Crippen LogP contribution in [-0.2, 0) is 14.3 Å². The van der Waals surface area contributed by atoms with Crippen LogP contribution < -0.4 is 5.73 Å². The molecule has 0 aromatic carbocycles. The highest BCUT2D eigenvalue weighted by Crippen LogP contribution is 2.21. The van der Waals surface area contributed by atoms with E-state index in [0.29, 0.717) is 13.1 Å². The minimum absolute atomic E-state index is 0.0234. The number of nitrogens with two attached hydrogens (primary N) is 1. The van der Waals surface area contributed by atoms with Crippen molar-refractivity contribution >= 4 is 5.91 Å². The molecule has 0 radical (unpaired) electrons. The Bertz CT molecular complexity index is 251. The molecule has 0 saturated carbocycles. The zero-order valence-electron chi connectivity index (χ0n) is 11.7. The van der Waals surface area contributed by atoms with E-state index in [4.69, 9.17) is 15.2 Å². The molecule has 0 aromatic heterocycles. The molecule has 1 heterocycles. The predicted octanol–water partition coefficient (Wildman–Crippen LogP) is 0.766. The van der Waals surface area contributed by atoms with E-state index in [-0.39, 0.29) is 30.8 Å². The van der Waals surface area contributed by atoms with E-state index < -0.39 is 0 Å². The molecule has 0 bridgehead atoms. The van der Waals surface area contributed by atoms with E-state index in [1.807, 2.05) is 13.8 Å². The molecule has 1 fully saturated rings. The van der Waals surface area contributed by atoms with E-state index in [9.17, 15) is 4.79 Å². The van der Waals surface area contributed by atoms with Crippen molar-refractivity contribution in [2.45, 2.75) is 51.4 Å². The zero-order valence-corrected chi connectivity index (χ0v) is 11.7. The smallest absolute Gasteiger partial charge is 0.248 e. The number of likely N-dealkylation sites (N-methyl/N-ethyl adjacent to an activating group) is 1. The van der Waals surface area contributed by atoms with Crippen molar-refractivity contribution in [2.24, 2.45) is 5.73 Å². The highest BCUT2D eigenvalue weighted by molar-refractivity contribution is 5.77. The summed E-state index contributed by atoms with van der Waals surface area (Å²) in [6.45, 7) is 5.54. The summed E-state index contributed by atoms with van der Waals surface area (Å²) in [5.74, 6) is 0.0234. The first-order chi connectivity index (χ1) is 8.52. The Morgan fingerprint density at radius 3 is 2.56 bits per heavy atom. The largest absolute Gasteiger partial charge is 0.375 e. The molecule has 5 heteroatoms. The number of amides is 1. The van der Waals surface area contributed by atoms with Crippen LogP contribution in [0.25, 0.3) is 0 Å². The first-order valence-electron chi connectivity index (χ1n) is 6.74. The summed E-state index contributed by atoms with van der Waals surface area (Å²) >= 11 is 0. The second kappa shape index (κ2) is 7.71. The first kappa shape index (κ1) is 15.4. The zero-order chi connectivity index (χ0) is 13.5. The minimum Gasteiger partial charge on any atom is -0.375 e. The van der Waals surface area contributed by atoms with Gasteiger partial charge in [0.2, 0.25) is 5.91 Å². The van der Waals surface area contributed by atoms with E-state index >= 15 is 0 Å². The molecule has 2 unspecified atom stereocenters. The molecule has 1 saturated heterocycles. The van der Waals surface area contributed by atoms with Gasteiger partial charge in [0.05, 0.1) is 18.3 Å². The van der Waals surface area contributed by atoms with Crippen molar-refractivity contribution in [3.05, 3.63) is 0 Å². The van der Waals surface area contributed by atoms with Gasteiger partial charge in [-0.05, 0) is 39.7 Å². The van der Waals surface area contributed by atoms with Crippen LogP contribution >= 0.6 is 0 Å². The second-order valence-corrected chi connectivity index (χ2v) is 5.12. The molecule has 0 spiro atoms. The summed E-state index contributed by atoms with van der Waals surface area (Å²) in [5.41, 5.74) is 5.42. The van der Waals surface area contributed by atoms with Crippen molar-refractivity contribution in [3.63, 3.8) is 0 Å². The lowest BCUT2D eigenvalue weighted by Crippen LogP contribution is -2.38. The average molecular weight is 258 g/mol. The van der Waals surface area contributed by atoms with Gasteiger partial charge in [-0.1, -0.05) is 0 Å². The quantitative estimate of drug-likeness (QED) is 0.764. The number of carbonyl (C=O) groups excluding carboxylic acids is 1. The molecule has 2 atom stereocenters. The van der Waals surface area contributed by atoms with Crippen molar-refractivity contribution in [3.8, 4) is 0 Å². The van der Waals surface area contributed by atoms with Gasteiger partial charge in [0.1, 0.15) is 6.61 Å². The van der Waals surface area contributed by atoms with E-state index in [1.165, 1.54) is 0 Å². The third kappa shape index (κ3) is 5.33. The number of nitrogens with zero attached hydrogens (tertiary/aromatic N) is 1. The van der Waals surface area contributed by atoms with Crippen LogP contribution in [0.4, 0.5) is 0 Å². The molecule has 5 nitrogen and oxygen atoms in total. The minimum atomic E-state index is 0.0234. The number of rotatable bonds is 6. The Hall–Kier alpha value is -0.650. The summed E-state index contributed by atoms with van der Waals surface area (Å²) in [5, 5.41) is 0. The Kier molecular flexibility index (Phi) is 6.60. The topological polar surface area (TPSA) is 64.8 Å². The van der Waals surface area contributed by atoms with Crippen molar-refractivity contribution in [1.82, 2.24) is 4.90 Å². The maximum absolute atomic E-state index is 11.8. The molecule has 0 aliphatic carbocycles. The van der Waals surface area contributed by atoms with Gasteiger partial charge in [-0.2, -0.15) is 0 Å². The van der Waals surface area contributed by atoms with Crippen molar-refractivity contribution in [2.75, 3.05) is 26.7 Å². The lowest BCUT2D eigenvalue weighted by Gasteiger charge is -2.32. The van der Waals surface area contributed by atoms with Crippen LogP contribution in [0, 0.1) is 0 Å². The Morgan fingerprint density at radius 1 is 1.39 bits per heavy atom. The van der Waals surface area contributed by atoms with Crippen LogP contribution in [0.5, 0.6) is 0 Å². The Labute approximate surface area is 110 Å². The van der Waals surface area contributed by atoms with E-state index in [0.717, 1.165) is 19.3 Å². The van der Waals surface area contributed by atoms with Crippen molar-refractivity contribution < 1.29 is 14.3 Å². The summed E-state index contributed by atoms with van der Waals surface area (Å²) in [6, 6.07) is 0. The molecule has 0 aromatic rings. The predicted molar refractivity (Wildman–Crippen MR) is 70.3 cm³/mol. The van der Waals surface area contributed by atoms with Crippen LogP contribution in [0.1, 0.15) is 33.1 Å². The van der Waals surface area contributed by atoms with Gasteiger partial charge in [-0.3, -0.25) is 4.79 Å². The van der Waals surface area contributed by atoms with Gasteiger partial charge in [-0.15, -0.1) is 0 Å². The highest BCUT2D eigenvalue weighted by atomic mass is 16.5. The van der Waals surface area contributed by atoms with E-state index in [1.54, 1.807) is 11.9 Å². The van der Waals surface area contributed by atoms with Crippen LogP contribution in [0.3, 0.4) is 0 Å². The monoisotopic (exact) mass is 258 g/mol. The Balaban J connectivity index is 2.25. The summed E-state index contributed by atoms with van der Waals surface area (Å²) in [7, 11) is 1.79. The van der Waals surface area contributed by atoms with Gasteiger partial charge in [0, 0.05) is 13.6 Å². The second-order valence-electron chi connectivity index (χ2n) is 5.12. The average Bonchev–Trinajstić information content (AvgIpc) is 2.31. The van der Waals surface area contributed by atoms with Crippen LogP contribution in [-0.4, -0.2) is 55.9 Å². The fourth-order valence-electron chi connectivity index (χ4n) is 2.23. The molecule has 18 heavy (non-hydrogen) atoms. The van der Waals surface area contributed by atoms with Gasteiger partial charge in [0.15, 0.2) is 0 Å². The van der Waals surface area contributed by atoms with Gasteiger partial charge in [-0.25, -0.2) is 0 Å². The number of hydrogen-bond acceptors (Lipinski definition) is 4. The number of ether oxygens (including phenoxy) is 2. The summed E-state index contributed by atoms with van der Waals surface area (Å²) in [4.78, 5) is 13.5. The van der Waals surface area contributed by atoms with Crippen LogP contribution in [0.2, 0.25) is 0 Å². The lowest BCUT2D eigenvalue weighted by atomic mass is 10.0.